The fourth-order valence-electron chi connectivity index (χ4n) is 5.34. The van der Waals surface area contributed by atoms with Crippen LogP contribution in [0.4, 0.5) is 10.2 Å². The molecule has 0 radical (unpaired) electrons. The summed E-state index contributed by atoms with van der Waals surface area (Å²) in [7, 11) is 0. The molecule has 0 bridgehead atoms. The van der Waals surface area contributed by atoms with Crippen molar-refractivity contribution in [1.82, 2.24) is 30.2 Å². The van der Waals surface area contributed by atoms with Crippen LogP contribution in [0.5, 0.6) is 5.75 Å². The van der Waals surface area contributed by atoms with E-state index in [0.717, 1.165) is 44.9 Å². The van der Waals surface area contributed by atoms with Crippen molar-refractivity contribution in [1.29, 1.82) is 5.26 Å². The van der Waals surface area contributed by atoms with Crippen molar-refractivity contribution in [3.05, 3.63) is 36.3 Å². The molecular weight excluding hydrogens is 459 g/mol. The highest BCUT2D eigenvalue weighted by atomic mass is 19.1. The Balaban J connectivity index is 1.41. The Morgan fingerprint density at radius 1 is 1.19 bits per heavy atom. The van der Waals surface area contributed by atoms with Crippen molar-refractivity contribution in [2.24, 2.45) is 11.8 Å². The molecule has 36 heavy (non-hydrogen) atoms. The first-order chi connectivity index (χ1) is 17.5. The van der Waals surface area contributed by atoms with Gasteiger partial charge in [-0.2, -0.15) is 5.26 Å². The molecule has 9 nitrogen and oxygen atoms in total. The molecule has 1 N–H and O–H groups in total. The van der Waals surface area contributed by atoms with Crippen LogP contribution in [0.1, 0.15) is 64.5 Å². The zero-order valence-corrected chi connectivity index (χ0v) is 20.6. The van der Waals surface area contributed by atoms with Crippen LogP contribution in [0.3, 0.4) is 0 Å². The van der Waals surface area contributed by atoms with Gasteiger partial charge in [-0.15, -0.1) is 15.3 Å². The molecule has 0 amide bonds. The summed E-state index contributed by atoms with van der Waals surface area (Å²) in [6, 6.07) is 6.88. The minimum atomic E-state index is -0.908. The number of hydrogen-bond donors (Lipinski definition) is 1. The molecule has 0 aliphatic heterocycles. The average Bonchev–Trinajstić information content (AvgIpc) is 3.60. The zero-order chi connectivity index (χ0) is 25.2. The lowest BCUT2D eigenvalue weighted by Gasteiger charge is -2.40. The van der Waals surface area contributed by atoms with E-state index in [1.54, 1.807) is 18.3 Å². The molecule has 0 spiro atoms. The number of aromatic hydroxyl groups is 1. The quantitative estimate of drug-likeness (QED) is 0.532. The molecule has 10 heteroatoms. The lowest BCUT2D eigenvalue weighted by Crippen LogP contribution is -2.48. The Morgan fingerprint density at radius 2 is 2.03 bits per heavy atom. The van der Waals surface area contributed by atoms with Crippen LogP contribution >= 0.6 is 0 Å². The summed E-state index contributed by atoms with van der Waals surface area (Å²) in [6.45, 7) is 4.30. The smallest absolute Gasteiger partial charge is 0.185 e. The molecule has 3 aromatic rings. The number of phenolic OH excluding ortho intramolecular Hbond substituents is 1. The SMILES string of the molecule is CC[C@@H]1CCCC(C)C[C@H](N(c2cnc(-c3ccc(-n4cc(C#N)nn4)cc3O)nn2)C2CC2)[C@@H]1F. The second-order valence-electron chi connectivity index (χ2n) is 10.1. The summed E-state index contributed by atoms with van der Waals surface area (Å²) in [5, 5.41) is 36.0. The number of nitriles is 1. The average molecular weight is 491 g/mol. The molecule has 0 saturated heterocycles. The molecule has 2 aliphatic rings. The highest BCUT2D eigenvalue weighted by Gasteiger charge is 2.42. The van der Waals surface area contributed by atoms with Crippen LogP contribution in [-0.2, 0) is 0 Å². The third kappa shape index (κ3) is 4.87. The van der Waals surface area contributed by atoms with Gasteiger partial charge < -0.3 is 10.0 Å². The van der Waals surface area contributed by atoms with Crippen LogP contribution in [-0.4, -0.2) is 53.5 Å². The predicted molar refractivity (Wildman–Crippen MR) is 132 cm³/mol. The largest absolute Gasteiger partial charge is 0.507 e. The van der Waals surface area contributed by atoms with E-state index in [1.807, 2.05) is 6.07 Å². The van der Waals surface area contributed by atoms with E-state index < -0.39 is 6.17 Å². The number of alkyl halides is 1. The molecule has 2 fully saturated rings. The summed E-state index contributed by atoms with van der Waals surface area (Å²) in [5.74, 6) is 1.35. The first kappa shape index (κ1) is 24.1. The maximum absolute atomic E-state index is 15.9. The number of halogens is 1. The summed E-state index contributed by atoms with van der Waals surface area (Å²) in [4.78, 5) is 6.64. The maximum Gasteiger partial charge on any atom is 0.185 e. The van der Waals surface area contributed by atoms with E-state index in [1.165, 1.54) is 16.9 Å². The second kappa shape index (κ2) is 10.2. The van der Waals surface area contributed by atoms with E-state index in [-0.39, 0.29) is 35.3 Å². The summed E-state index contributed by atoms with van der Waals surface area (Å²) in [5.41, 5.74) is 1.15. The standard InChI is InChI=1S/C26H31FN8O/c1-3-17-6-4-5-16(2)11-22(25(17)27)35(19-7-8-19)24-14-29-26(32-31-24)21-10-9-20(12-23(21)36)34-15-18(13-28)30-33-34/h9-10,12,14-17,19,22,25,36H,3-8,11H2,1-2H3/t16?,17-,22+,25-/m1/s1. The maximum atomic E-state index is 15.9. The number of aromatic nitrogens is 6. The van der Waals surface area contributed by atoms with Gasteiger partial charge >= 0.3 is 0 Å². The molecule has 2 aliphatic carbocycles. The first-order valence-corrected chi connectivity index (χ1v) is 12.8. The third-order valence-corrected chi connectivity index (χ3v) is 7.46. The Hall–Kier alpha value is -3.61. The molecule has 2 aromatic heterocycles. The van der Waals surface area contributed by atoms with Crippen LogP contribution in [0.25, 0.3) is 17.1 Å². The highest BCUT2D eigenvalue weighted by molar-refractivity contribution is 5.66. The third-order valence-electron chi connectivity index (χ3n) is 7.46. The van der Waals surface area contributed by atoms with Crippen LogP contribution in [0.15, 0.2) is 30.6 Å². The van der Waals surface area contributed by atoms with Crippen molar-refractivity contribution in [3.8, 4) is 28.9 Å². The van der Waals surface area contributed by atoms with E-state index in [9.17, 15) is 5.11 Å². The van der Waals surface area contributed by atoms with Gasteiger partial charge in [-0.25, -0.2) is 14.1 Å². The normalized spacial score (nSPS) is 24.5. The van der Waals surface area contributed by atoms with Crippen molar-refractivity contribution >= 4 is 5.82 Å². The van der Waals surface area contributed by atoms with Gasteiger partial charge in [-0.3, -0.25) is 0 Å². The van der Waals surface area contributed by atoms with Gasteiger partial charge in [0.25, 0.3) is 0 Å². The van der Waals surface area contributed by atoms with Gasteiger partial charge in [0.15, 0.2) is 17.3 Å². The fourth-order valence-corrected chi connectivity index (χ4v) is 5.34. The summed E-state index contributed by atoms with van der Waals surface area (Å²) in [6.07, 6.45) is 9.06. The number of nitrogens with zero attached hydrogens (tertiary/aromatic N) is 8. The lowest BCUT2D eigenvalue weighted by molar-refractivity contribution is 0.136. The van der Waals surface area contributed by atoms with E-state index in [2.05, 4.69) is 44.2 Å². The van der Waals surface area contributed by atoms with Gasteiger partial charge in [-0.1, -0.05) is 38.3 Å². The minimum Gasteiger partial charge on any atom is -0.507 e. The number of benzene rings is 1. The van der Waals surface area contributed by atoms with Gasteiger partial charge in [0, 0.05) is 12.1 Å². The molecule has 2 heterocycles. The Labute approximate surface area is 210 Å². The van der Waals surface area contributed by atoms with Gasteiger partial charge in [0.2, 0.25) is 0 Å². The van der Waals surface area contributed by atoms with Crippen LogP contribution in [0.2, 0.25) is 0 Å². The number of hydrogen-bond acceptors (Lipinski definition) is 8. The van der Waals surface area contributed by atoms with Crippen molar-refractivity contribution in [3.63, 3.8) is 0 Å². The molecule has 4 atom stereocenters. The Bertz CT molecular complexity index is 1240. The Morgan fingerprint density at radius 3 is 2.67 bits per heavy atom. The molecular formula is C26H31FN8O. The molecule has 1 aromatic carbocycles. The topological polar surface area (TPSA) is 117 Å². The van der Waals surface area contributed by atoms with Gasteiger partial charge in [-0.05, 0) is 49.7 Å². The van der Waals surface area contributed by atoms with Crippen LogP contribution in [0, 0.1) is 23.2 Å². The predicted octanol–water partition coefficient (Wildman–Crippen LogP) is 4.61. The Kier molecular flexibility index (Phi) is 6.81. The molecule has 188 valence electrons. The van der Waals surface area contributed by atoms with Crippen molar-refractivity contribution < 1.29 is 9.50 Å². The first-order valence-electron chi connectivity index (χ1n) is 12.8. The van der Waals surface area contributed by atoms with Crippen molar-refractivity contribution in [2.75, 3.05) is 4.90 Å². The number of rotatable bonds is 6. The van der Waals surface area contributed by atoms with E-state index in [0.29, 0.717) is 23.0 Å². The fraction of sp³-hybridized carbons (Fsp3) is 0.538. The van der Waals surface area contributed by atoms with Gasteiger partial charge in [0.1, 0.15) is 18.0 Å². The van der Waals surface area contributed by atoms with E-state index >= 15 is 4.39 Å². The van der Waals surface area contributed by atoms with E-state index in [4.69, 9.17) is 5.26 Å². The highest BCUT2D eigenvalue weighted by Crippen LogP contribution is 2.40. The zero-order valence-electron chi connectivity index (χ0n) is 20.6. The molecule has 2 saturated carbocycles. The summed E-state index contributed by atoms with van der Waals surface area (Å²) >= 11 is 0. The lowest BCUT2D eigenvalue weighted by atomic mass is 9.80. The van der Waals surface area contributed by atoms with Gasteiger partial charge in [0.05, 0.1) is 29.7 Å². The van der Waals surface area contributed by atoms with Crippen molar-refractivity contribution in [2.45, 2.75) is 77.0 Å². The molecule has 1 unspecified atom stereocenters. The molecule has 5 rings (SSSR count). The van der Waals surface area contributed by atoms with Crippen LogP contribution < -0.4 is 4.90 Å². The summed E-state index contributed by atoms with van der Waals surface area (Å²) < 4.78 is 17.3. The second-order valence-corrected chi connectivity index (χ2v) is 10.1. The monoisotopic (exact) mass is 490 g/mol. The number of phenols is 1. The minimum absolute atomic E-state index is 0.0430. The number of anilines is 1.